The molecule has 1 aromatic heterocycles. The fourth-order valence-electron chi connectivity index (χ4n) is 1.15. The summed E-state index contributed by atoms with van der Waals surface area (Å²) in [6.45, 7) is 6.10. The summed E-state index contributed by atoms with van der Waals surface area (Å²) in [6.07, 6.45) is 1.50. The molecule has 1 rings (SSSR count). The first kappa shape index (κ1) is 10.1. The van der Waals surface area contributed by atoms with Crippen molar-refractivity contribution in [3.8, 4) is 0 Å². The lowest BCUT2D eigenvalue weighted by Gasteiger charge is -2.04. The van der Waals surface area contributed by atoms with E-state index in [0.717, 1.165) is 18.5 Å². The summed E-state index contributed by atoms with van der Waals surface area (Å²) in [5.74, 6) is 0.667. The summed E-state index contributed by atoms with van der Waals surface area (Å²) < 4.78 is 12.9. The van der Waals surface area contributed by atoms with Crippen LogP contribution < -0.4 is 0 Å². The Kier molecular flexibility index (Phi) is 3.34. The van der Waals surface area contributed by atoms with E-state index in [4.69, 9.17) is 0 Å². The molecule has 0 unspecified atom stereocenters. The number of hydrogen-bond acceptors (Lipinski definition) is 2. The number of hydrogen-bond donors (Lipinski definition) is 0. The van der Waals surface area contributed by atoms with Crippen molar-refractivity contribution in [2.45, 2.75) is 33.6 Å². The van der Waals surface area contributed by atoms with E-state index in [1.54, 1.807) is 0 Å². The van der Waals surface area contributed by atoms with E-state index < -0.39 is 5.95 Å². The molecule has 1 aromatic rings. The summed E-state index contributed by atoms with van der Waals surface area (Å²) in [6, 6.07) is 1.39. The molecular weight excluding hydrogens is 167 g/mol. The van der Waals surface area contributed by atoms with Crippen molar-refractivity contribution in [2.75, 3.05) is 0 Å². The molecule has 0 radical (unpaired) electrons. The standard InChI is InChI=1S/C10H15FN2/c1-4-8-6-9(11)13-10(12-8)5-7(2)3/h6-7H,4-5H2,1-3H3. The number of aryl methyl sites for hydroxylation is 1. The van der Waals surface area contributed by atoms with E-state index in [2.05, 4.69) is 23.8 Å². The molecule has 13 heavy (non-hydrogen) atoms. The molecule has 0 N–H and O–H groups in total. The molecular formula is C10H15FN2. The highest BCUT2D eigenvalue weighted by Crippen LogP contribution is 2.06. The minimum Gasteiger partial charge on any atom is -0.238 e. The van der Waals surface area contributed by atoms with Crippen molar-refractivity contribution >= 4 is 0 Å². The Labute approximate surface area is 78.2 Å². The molecule has 0 aliphatic heterocycles. The third kappa shape index (κ3) is 3.09. The Balaban J connectivity index is 2.88. The number of rotatable bonds is 3. The van der Waals surface area contributed by atoms with E-state index in [1.807, 2.05) is 6.92 Å². The van der Waals surface area contributed by atoms with Crippen molar-refractivity contribution in [2.24, 2.45) is 5.92 Å². The van der Waals surface area contributed by atoms with Crippen molar-refractivity contribution in [1.29, 1.82) is 0 Å². The average Bonchev–Trinajstić information content (AvgIpc) is 2.01. The zero-order chi connectivity index (χ0) is 9.84. The third-order valence-electron chi connectivity index (χ3n) is 1.75. The van der Waals surface area contributed by atoms with Crippen LogP contribution in [0.4, 0.5) is 4.39 Å². The van der Waals surface area contributed by atoms with Gasteiger partial charge in [0.2, 0.25) is 5.95 Å². The second-order valence-electron chi connectivity index (χ2n) is 3.55. The highest BCUT2D eigenvalue weighted by Gasteiger charge is 2.04. The van der Waals surface area contributed by atoms with Gasteiger partial charge in [-0.1, -0.05) is 20.8 Å². The molecule has 0 bridgehead atoms. The largest absolute Gasteiger partial charge is 0.238 e. The lowest BCUT2D eigenvalue weighted by molar-refractivity contribution is 0.545. The van der Waals surface area contributed by atoms with Gasteiger partial charge < -0.3 is 0 Å². The van der Waals surface area contributed by atoms with Crippen molar-refractivity contribution < 1.29 is 4.39 Å². The summed E-state index contributed by atoms with van der Waals surface area (Å²) >= 11 is 0. The monoisotopic (exact) mass is 182 g/mol. The van der Waals surface area contributed by atoms with Gasteiger partial charge in [0, 0.05) is 18.2 Å². The van der Waals surface area contributed by atoms with E-state index in [1.165, 1.54) is 6.07 Å². The molecule has 3 heteroatoms. The van der Waals surface area contributed by atoms with Gasteiger partial charge in [-0.15, -0.1) is 0 Å². The highest BCUT2D eigenvalue weighted by molar-refractivity contribution is 5.03. The van der Waals surface area contributed by atoms with Gasteiger partial charge >= 0.3 is 0 Å². The Hall–Kier alpha value is -0.990. The van der Waals surface area contributed by atoms with E-state index in [0.29, 0.717) is 11.7 Å². The highest BCUT2D eigenvalue weighted by atomic mass is 19.1. The summed E-state index contributed by atoms with van der Waals surface area (Å²) in [5, 5.41) is 0. The molecule has 0 saturated carbocycles. The van der Waals surface area contributed by atoms with Crippen LogP contribution in [0.25, 0.3) is 0 Å². The molecule has 0 saturated heterocycles. The molecule has 0 atom stereocenters. The van der Waals surface area contributed by atoms with Crippen LogP contribution in [-0.4, -0.2) is 9.97 Å². The predicted molar refractivity (Wildman–Crippen MR) is 49.9 cm³/mol. The van der Waals surface area contributed by atoms with Crippen LogP contribution in [0.1, 0.15) is 32.3 Å². The van der Waals surface area contributed by atoms with E-state index in [9.17, 15) is 4.39 Å². The topological polar surface area (TPSA) is 25.8 Å². The zero-order valence-corrected chi connectivity index (χ0v) is 8.34. The maximum absolute atomic E-state index is 12.9. The van der Waals surface area contributed by atoms with Crippen LogP contribution in [0.2, 0.25) is 0 Å². The zero-order valence-electron chi connectivity index (χ0n) is 8.34. The molecule has 0 aliphatic carbocycles. The van der Waals surface area contributed by atoms with Gasteiger partial charge in [0.25, 0.3) is 0 Å². The van der Waals surface area contributed by atoms with Crippen LogP contribution in [0.3, 0.4) is 0 Å². The predicted octanol–water partition coefficient (Wildman–Crippen LogP) is 2.38. The maximum atomic E-state index is 12.9. The van der Waals surface area contributed by atoms with Gasteiger partial charge in [0.1, 0.15) is 5.82 Å². The summed E-state index contributed by atoms with van der Waals surface area (Å²) in [7, 11) is 0. The van der Waals surface area contributed by atoms with Crippen LogP contribution in [0.5, 0.6) is 0 Å². The maximum Gasteiger partial charge on any atom is 0.216 e. The third-order valence-corrected chi connectivity index (χ3v) is 1.75. The number of nitrogens with zero attached hydrogens (tertiary/aromatic N) is 2. The van der Waals surface area contributed by atoms with Crippen LogP contribution in [0, 0.1) is 11.9 Å². The molecule has 0 amide bonds. The second-order valence-corrected chi connectivity index (χ2v) is 3.55. The van der Waals surface area contributed by atoms with Gasteiger partial charge in [-0.25, -0.2) is 9.97 Å². The van der Waals surface area contributed by atoms with Crippen LogP contribution in [-0.2, 0) is 12.8 Å². The molecule has 0 aliphatic rings. The van der Waals surface area contributed by atoms with Gasteiger partial charge in [0.15, 0.2) is 0 Å². The first-order valence-corrected chi connectivity index (χ1v) is 4.64. The Morgan fingerprint density at radius 3 is 2.62 bits per heavy atom. The normalized spacial score (nSPS) is 10.8. The van der Waals surface area contributed by atoms with Gasteiger partial charge in [-0.05, 0) is 12.3 Å². The molecule has 72 valence electrons. The molecule has 0 spiro atoms. The van der Waals surface area contributed by atoms with Crippen LogP contribution in [0.15, 0.2) is 6.07 Å². The van der Waals surface area contributed by atoms with Gasteiger partial charge in [-0.2, -0.15) is 4.39 Å². The van der Waals surface area contributed by atoms with Crippen LogP contribution >= 0.6 is 0 Å². The SMILES string of the molecule is CCc1cc(F)nc(CC(C)C)n1. The quantitative estimate of drug-likeness (QED) is 0.671. The molecule has 1 heterocycles. The van der Waals surface area contributed by atoms with Crippen molar-refractivity contribution in [3.05, 3.63) is 23.5 Å². The molecule has 0 aromatic carbocycles. The van der Waals surface area contributed by atoms with E-state index >= 15 is 0 Å². The fourth-order valence-corrected chi connectivity index (χ4v) is 1.15. The first-order valence-electron chi connectivity index (χ1n) is 4.64. The summed E-state index contributed by atoms with van der Waals surface area (Å²) in [4.78, 5) is 7.99. The number of halogens is 1. The Morgan fingerprint density at radius 1 is 1.38 bits per heavy atom. The van der Waals surface area contributed by atoms with Gasteiger partial charge in [-0.3, -0.25) is 0 Å². The lowest BCUT2D eigenvalue weighted by Crippen LogP contribution is -2.04. The molecule has 0 fully saturated rings. The van der Waals surface area contributed by atoms with Gasteiger partial charge in [0.05, 0.1) is 0 Å². The van der Waals surface area contributed by atoms with Crippen molar-refractivity contribution in [1.82, 2.24) is 9.97 Å². The minimum atomic E-state index is -0.414. The minimum absolute atomic E-state index is 0.414. The second kappa shape index (κ2) is 4.30. The number of aromatic nitrogens is 2. The Bertz CT molecular complexity index is 284. The Morgan fingerprint density at radius 2 is 2.08 bits per heavy atom. The lowest BCUT2D eigenvalue weighted by atomic mass is 10.1. The average molecular weight is 182 g/mol. The first-order chi connectivity index (χ1) is 6.11. The van der Waals surface area contributed by atoms with E-state index in [-0.39, 0.29) is 0 Å². The van der Waals surface area contributed by atoms with Crippen molar-refractivity contribution in [3.63, 3.8) is 0 Å². The fraction of sp³-hybridized carbons (Fsp3) is 0.600. The summed E-state index contributed by atoms with van der Waals surface area (Å²) in [5.41, 5.74) is 0.781. The smallest absolute Gasteiger partial charge is 0.216 e. The molecule has 2 nitrogen and oxygen atoms in total.